The van der Waals surface area contributed by atoms with Gasteiger partial charge < -0.3 is 10.2 Å². The molecule has 0 aliphatic heterocycles. The minimum absolute atomic E-state index is 0.100. The van der Waals surface area contributed by atoms with Crippen LogP contribution in [0.5, 0.6) is 0 Å². The molecule has 0 heterocycles. The van der Waals surface area contributed by atoms with Crippen LogP contribution in [0.25, 0.3) is 0 Å². The number of aliphatic hydroxyl groups excluding tert-OH is 1. The Labute approximate surface area is 59.0 Å². The molecule has 0 aromatic rings. The number of carbonyl (C=O) groups is 1. The van der Waals surface area contributed by atoms with Gasteiger partial charge in [-0.15, -0.1) is 0 Å². The average molecular weight is 142 g/mol. The molecule has 1 aliphatic rings. The highest BCUT2D eigenvalue weighted by molar-refractivity contribution is 5.99. The average Bonchev–Trinajstić information content (AvgIpc) is 2.05. The Morgan fingerprint density at radius 1 is 1.80 bits per heavy atom. The summed E-state index contributed by atoms with van der Waals surface area (Å²) < 4.78 is 0. The standard InChI is InChI=1S/C7H10O3/c1-7(10)2-5(4-8)6(9)3-7/h2,8,10H,3-4H2,1H3/t7-/m0/s1. The van der Waals surface area contributed by atoms with E-state index in [1.165, 1.54) is 6.08 Å². The molecule has 0 aromatic heterocycles. The van der Waals surface area contributed by atoms with Crippen LogP contribution in [0.2, 0.25) is 0 Å². The number of ketones is 1. The van der Waals surface area contributed by atoms with Crippen molar-refractivity contribution in [2.45, 2.75) is 18.9 Å². The van der Waals surface area contributed by atoms with E-state index in [0.29, 0.717) is 5.57 Å². The largest absolute Gasteiger partial charge is 0.392 e. The van der Waals surface area contributed by atoms with Gasteiger partial charge in [0.15, 0.2) is 5.78 Å². The predicted octanol–water partition coefficient (Wildman–Crippen LogP) is -0.371. The van der Waals surface area contributed by atoms with Crippen molar-refractivity contribution >= 4 is 5.78 Å². The Balaban J connectivity index is 2.82. The third kappa shape index (κ3) is 1.25. The second kappa shape index (κ2) is 2.18. The van der Waals surface area contributed by atoms with Gasteiger partial charge in [0.2, 0.25) is 0 Å². The first-order valence-corrected chi connectivity index (χ1v) is 3.13. The second-order valence-electron chi connectivity index (χ2n) is 2.78. The molecular weight excluding hydrogens is 132 g/mol. The van der Waals surface area contributed by atoms with E-state index >= 15 is 0 Å². The van der Waals surface area contributed by atoms with Crippen LogP contribution in [0.15, 0.2) is 11.6 Å². The maximum atomic E-state index is 10.8. The molecule has 0 saturated carbocycles. The van der Waals surface area contributed by atoms with Crippen LogP contribution in [-0.2, 0) is 4.79 Å². The van der Waals surface area contributed by atoms with Gasteiger partial charge in [0.05, 0.1) is 12.2 Å². The van der Waals surface area contributed by atoms with Gasteiger partial charge in [-0.2, -0.15) is 0 Å². The highest BCUT2D eigenvalue weighted by Crippen LogP contribution is 2.23. The summed E-state index contributed by atoms with van der Waals surface area (Å²) in [4.78, 5) is 10.8. The van der Waals surface area contributed by atoms with Crippen LogP contribution in [0, 0.1) is 0 Å². The molecule has 3 heteroatoms. The fourth-order valence-corrected chi connectivity index (χ4v) is 1.08. The molecule has 1 atom stereocenters. The lowest BCUT2D eigenvalue weighted by molar-refractivity contribution is -0.117. The van der Waals surface area contributed by atoms with Gasteiger partial charge in [-0.25, -0.2) is 0 Å². The van der Waals surface area contributed by atoms with Gasteiger partial charge in [0, 0.05) is 12.0 Å². The molecule has 0 unspecified atom stereocenters. The minimum atomic E-state index is -1.03. The molecule has 10 heavy (non-hydrogen) atoms. The van der Waals surface area contributed by atoms with Gasteiger partial charge in [-0.3, -0.25) is 4.79 Å². The van der Waals surface area contributed by atoms with Crippen molar-refractivity contribution < 1.29 is 15.0 Å². The number of carbonyl (C=O) groups excluding carboxylic acids is 1. The molecule has 1 rings (SSSR count). The van der Waals surface area contributed by atoms with E-state index in [4.69, 9.17) is 5.11 Å². The summed E-state index contributed by atoms with van der Waals surface area (Å²) in [5, 5.41) is 17.8. The fraction of sp³-hybridized carbons (Fsp3) is 0.571. The third-order valence-corrected chi connectivity index (χ3v) is 1.53. The van der Waals surface area contributed by atoms with E-state index in [-0.39, 0.29) is 18.8 Å². The summed E-state index contributed by atoms with van der Waals surface area (Å²) >= 11 is 0. The summed E-state index contributed by atoms with van der Waals surface area (Å²) in [6.45, 7) is 1.28. The number of hydrogen-bond acceptors (Lipinski definition) is 3. The van der Waals surface area contributed by atoms with Crippen molar-refractivity contribution in [2.24, 2.45) is 0 Å². The lowest BCUT2D eigenvalue weighted by Crippen LogP contribution is -2.18. The minimum Gasteiger partial charge on any atom is -0.392 e. The van der Waals surface area contributed by atoms with Crippen molar-refractivity contribution in [3.63, 3.8) is 0 Å². The molecule has 0 bridgehead atoms. The van der Waals surface area contributed by atoms with Crippen LogP contribution >= 0.6 is 0 Å². The molecule has 0 fully saturated rings. The number of rotatable bonds is 1. The molecule has 0 amide bonds. The van der Waals surface area contributed by atoms with Gasteiger partial charge in [0.25, 0.3) is 0 Å². The van der Waals surface area contributed by atoms with Crippen LogP contribution in [0.4, 0.5) is 0 Å². The van der Waals surface area contributed by atoms with Crippen molar-refractivity contribution in [3.8, 4) is 0 Å². The van der Waals surface area contributed by atoms with Crippen molar-refractivity contribution in [1.82, 2.24) is 0 Å². The van der Waals surface area contributed by atoms with Crippen molar-refractivity contribution in [1.29, 1.82) is 0 Å². The SMILES string of the molecule is C[C@]1(O)C=C(CO)C(=O)C1. The third-order valence-electron chi connectivity index (χ3n) is 1.53. The van der Waals surface area contributed by atoms with Gasteiger partial charge >= 0.3 is 0 Å². The summed E-state index contributed by atoms with van der Waals surface area (Å²) in [5.41, 5.74) is -0.709. The highest BCUT2D eigenvalue weighted by atomic mass is 16.3. The normalized spacial score (nSPS) is 32.7. The first-order chi connectivity index (χ1) is 4.55. The summed E-state index contributed by atoms with van der Waals surface area (Å²) in [7, 11) is 0. The molecule has 0 spiro atoms. The topological polar surface area (TPSA) is 57.5 Å². The molecule has 0 radical (unpaired) electrons. The number of hydrogen-bond donors (Lipinski definition) is 2. The lowest BCUT2D eigenvalue weighted by Gasteiger charge is -2.09. The zero-order valence-corrected chi connectivity index (χ0v) is 5.79. The molecule has 56 valence electrons. The van der Waals surface area contributed by atoms with Crippen molar-refractivity contribution in [3.05, 3.63) is 11.6 Å². The van der Waals surface area contributed by atoms with Crippen LogP contribution in [-0.4, -0.2) is 28.2 Å². The van der Waals surface area contributed by atoms with Gasteiger partial charge in [-0.1, -0.05) is 0 Å². The van der Waals surface area contributed by atoms with E-state index in [1.54, 1.807) is 6.92 Å². The highest BCUT2D eigenvalue weighted by Gasteiger charge is 2.31. The summed E-state index contributed by atoms with van der Waals surface area (Å²) in [5.74, 6) is -0.160. The predicted molar refractivity (Wildman–Crippen MR) is 35.4 cm³/mol. The summed E-state index contributed by atoms with van der Waals surface area (Å²) in [6, 6.07) is 0. The Bertz CT molecular complexity index is 191. The van der Waals surface area contributed by atoms with Crippen molar-refractivity contribution in [2.75, 3.05) is 6.61 Å². The number of Topliss-reactive ketones (excluding diaryl/α,β-unsaturated/α-hetero) is 1. The second-order valence-corrected chi connectivity index (χ2v) is 2.78. The maximum absolute atomic E-state index is 10.8. The first kappa shape index (κ1) is 7.44. The van der Waals surface area contributed by atoms with E-state index < -0.39 is 5.60 Å². The van der Waals surface area contributed by atoms with E-state index in [9.17, 15) is 9.90 Å². The lowest BCUT2D eigenvalue weighted by atomic mass is 10.1. The molecular formula is C7H10O3. The van der Waals surface area contributed by atoms with Crippen LogP contribution < -0.4 is 0 Å². The molecule has 0 aromatic carbocycles. The van der Waals surface area contributed by atoms with E-state index in [1.807, 2.05) is 0 Å². The Kier molecular flexibility index (Phi) is 1.62. The molecule has 3 nitrogen and oxygen atoms in total. The Hall–Kier alpha value is -0.670. The Morgan fingerprint density at radius 2 is 2.40 bits per heavy atom. The zero-order chi connectivity index (χ0) is 7.78. The zero-order valence-electron chi connectivity index (χ0n) is 5.79. The van der Waals surface area contributed by atoms with Crippen LogP contribution in [0.3, 0.4) is 0 Å². The maximum Gasteiger partial charge on any atom is 0.164 e. The van der Waals surface area contributed by atoms with Gasteiger partial charge in [-0.05, 0) is 13.0 Å². The molecule has 1 aliphatic carbocycles. The fourth-order valence-electron chi connectivity index (χ4n) is 1.08. The molecule has 2 N–H and O–H groups in total. The quantitative estimate of drug-likeness (QED) is 0.525. The monoisotopic (exact) mass is 142 g/mol. The van der Waals surface area contributed by atoms with E-state index in [2.05, 4.69) is 0 Å². The smallest absolute Gasteiger partial charge is 0.164 e. The molecule has 0 saturated heterocycles. The first-order valence-electron chi connectivity index (χ1n) is 3.13. The van der Waals surface area contributed by atoms with Gasteiger partial charge in [0.1, 0.15) is 0 Å². The Morgan fingerprint density at radius 3 is 2.60 bits per heavy atom. The van der Waals surface area contributed by atoms with E-state index in [0.717, 1.165) is 0 Å². The number of aliphatic hydroxyl groups is 2. The summed E-state index contributed by atoms with van der Waals surface area (Å²) in [6.07, 6.45) is 1.51. The van der Waals surface area contributed by atoms with Crippen LogP contribution in [0.1, 0.15) is 13.3 Å².